The molecule has 6 nitrogen and oxygen atoms in total. The van der Waals surface area contributed by atoms with E-state index in [-0.39, 0.29) is 30.8 Å². The van der Waals surface area contributed by atoms with Crippen LogP contribution in [0.1, 0.15) is 28.8 Å². The van der Waals surface area contributed by atoms with Gasteiger partial charge in [-0.3, -0.25) is 14.4 Å². The van der Waals surface area contributed by atoms with Crippen molar-refractivity contribution in [1.82, 2.24) is 9.80 Å². The van der Waals surface area contributed by atoms with Crippen molar-refractivity contribution in [3.05, 3.63) is 35.4 Å². The van der Waals surface area contributed by atoms with Crippen LogP contribution in [-0.4, -0.2) is 58.4 Å². The highest BCUT2D eigenvalue weighted by Gasteiger charge is 2.40. The van der Waals surface area contributed by atoms with Gasteiger partial charge in [-0.05, 0) is 25.5 Å². The lowest BCUT2D eigenvalue weighted by molar-refractivity contribution is -0.141. The zero-order valence-electron chi connectivity index (χ0n) is 13.1. The number of benzene rings is 1. The van der Waals surface area contributed by atoms with Crippen molar-refractivity contribution in [2.24, 2.45) is 5.92 Å². The number of likely N-dealkylation sites (tertiary alicyclic amines) is 2. The molecule has 1 aromatic rings. The Kier molecular flexibility index (Phi) is 4.07. The number of amides is 2. The molecule has 2 amide bonds. The Morgan fingerprint density at radius 3 is 2.70 bits per heavy atom. The number of nitrogens with zero attached hydrogens (tertiary/aromatic N) is 2. The molecule has 2 saturated heterocycles. The second kappa shape index (κ2) is 6.02. The summed E-state index contributed by atoms with van der Waals surface area (Å²) in [5, 5.41) is 9.06. The molecule has 1 aromatic carbocycles. The highest BCUT2D eigenvalue weighted by atomic mass is 16.4. The third-order valence-corrected chi connectivity index (χ3v) is 4.66. The third kappa shape index (κ3) is 3.06. The van der Waals surface area contributed by atoms with Gasteiger partial charge >= 0.3 is 5.97 Å². The summed E-state index contributed by atoms with van der Waals surface area (Å²) in [5.41, 5.74) is 1.69. The largest absolute Gasteiger partial charge is 0.481 e. The van der Waals surface area contributed by atoms with Crippen LogP contribution in [0.3, 0.4) is 0 Å². The molecule has 6 heteroatoms. The van der Waals surface area contributed by atoms with Crippen molar-refractivity contribution < 1.29 is 19.5 Å². The maximum Gasteiger partial charge on any atom is 0.308 e. The predicted octanol–water partition coefficient (Wildman–Crippen LogP) is 1.14. The van der Waals surface area contributed by atoms with Gasteiger partial charge in [-0.2, -0.15) is 0 Å². The molecule has 2 unspecified atom stereocenters. The monoisotopic (exact) mass is 316 g/mol. The second-order valence-corrected chi connectivity index (χ2v) is 6.35. The van der Waals surface area contributed by atoms with Crippen LogP contribution in [0.4, 0.5) is 0 Å². The minimum atomic E-state index is -0.924. The van der Waals surface area contributed by atoms with Crippen LogP contribution >= 0.6 is 0 Å². The van der Waals surface area contributed by atoms with Crippen LogP contribution < -0.4 is 0 Å². The van der Waals surface area contributed by atoms with E-state index in [0.717, 1.165) is 5.56 Å². The number of aryl methyl sites for hydroxylation is 1. The second-order valence-electron chi connectivity index (χ2n) is 6.35. The number of carboxylic acids is 1. The molecule has 2 aliphatic heterocycles. The van der Waals surface area contributed by atoms with Crippen molar-refractivity contribution in [2.75, 3.05) is 19.6 Å². The summed E-state index contributed by atoms with van der Waals surface area (Å²) in [6, 6.07) is 7.39. The first-order valence-corrected chi connectivity index (χ1v) is 7.84. The number of carbonyl (C=O) groups is 3. The first kappa shape index (κ1) is 15.5. The molecule has 0 aliphatic carbocycles. The van der Waals surface area contributed by atoms with Crippen molar-refractivity contribution in [2.45, 2.75) is 25.8 Å². The van der Waals surface area contributed by atoms with Gasteiger partial charge < -0.3 is 14.9 Å². The summed E-state index contributed by atoms with van der Waals surface area (Å²) in [7, 11) is 0. The summed E-state index contributed by atoms with van der Waals surface area (Å²) in [6.07, 6.45) is 0.771. The van der Waals surface area contributed by atoms with E-state index in [2.05, 4.69) is 0 Å². The molecule has 0 saturated carbocycles. The van der Waals surface area contributed by atoms with Gasteiger partial charge in [0.05, 0.1) is 12.0 Å². The number of rotatable bonds is 3. The summed E-state index contributed by atoms with van der Waals surface area (Å²) in [6.45, 7) is 3.27. The molecule has 23 heavy (non-hydrogen) atoms. The summed E-state index contributed by atoms with van der Waals surface area (Å²) >= 11 is 0. The Morgan fingerprint density at radius 2 is 2.04 bits per heavy atom. The van der Waals surface area contributed by atoms with Gasteiger partial charge in [0, 0.05) is 31.6 Å². The first-order chi connectivity index (χ1) is 11.0. The number of aliphatic carboxylic acids is 1. The van der Waals surface area contributed by atoms with Crippen LogP contribution in [0, 0.1) is 12.8 Å². The quantitative estimate of drug-likeness (QED) is 0.907. The molecule has 0 spiro atoms. The number of carboxylic acid groups (broad SMARTS) is 1. The van der Waals surface area contributed by atoms with Crippen LogP contribution in [0.5, 0.6) is 0 Å². The van der Waals surface area contributed by atoms with Crippen molar-refractivity contribution in [3.63, 3.8) is 0 Å². The first-order valence-electron chi connectivity index (χ1n) is 7.84. The lowest BCUT2D eigenvalue weighted by Crippen LogP contribution is -2.40. The molecule has 2 atom stereocenters. The SMILES string of the molecule is Cc1cccc(C(=O)N2CCC(N3CC(C(=O)O)CC3=O)C2)c1. The van der Waals surface area contributed by atoms with Crippen LogP contribution in [0.2, 0.25) is 0 Å². The molecular formula is C17H20N2O4. The minimum absolute atomic E-state index is 0.0300. The predicted molar refractivity (Wildman–Crippen MR) is 82.9 cm³/mol. The fraction of sp³-hybridized carbons (Fsp3) is 0.471. The van der Waals surface area contributed by atoms with Gasteiger partial charge in [0.15, 0.2) is 0 Å². The zero-order chi connectivity index (χ0) is 16.6. The summed E-state index contributed by atoms with van der Waals surface area (Å²) in [5.74, 6) is -1.69. The van der Waals surface area contributed by atoms with E-state index in [0.29, 0.717) is 25.1 Å². The van der Waals surface area contributed by atoms with Gasteiger partial charge in [-0.25, -0.2) is 0 Å². The van der Waals surface area contributed by atoms with E-state index in [4.69, 9.17) is 5.11 Å². The molecule has 0 radical (unpaired) electrons. The number of hydrogen-bond donors (Lipinski definition) is 1. The standard InChI is InChI=1S/C17H20N2O4/c1-11-3-2-4-12(7-11)16(21)18-6-5-14(10-18)19-9-13(17(22)23)8-15(19)20/h2-4,7,13-14H,5-6,8-10H2,1H3,(H,22,23). The fourth-order valence-electron chi connectivity index (χ4n) is 3.39. The van der Waals surface area contributed by atoms with E-state index in [1.54, 1.807) is 15.9 Å². The van der Waals surface area contributed by atoms with Gasteiger partial charge in [0.1, 0.15) is 0 Å². The van der Waals surface area contributed by atoms with Gasteiger partial charge in [0.25, 0.3) is 5.91 Å². The molecular weight excluding hydrogens is 296 g/mol. The molecule has 2 aliphatic rings. The van der Waals surface area contributed by atoms with E-state index < -0.39 is 11.9 Å². The molecule has 0 aromatic heterocycles. The lowest BCUT2D eigenvalue weighted by Gasteiger charge is -2.24. The Hall–Kier alpha value is -2.37. The topological polar surface area (TPSA) is 77.9 Å². The smallest absolute Gasteiger partial charge is 0.308 e. The van der Waals surface area contributed by atoms with Crippen molar-refractivity contribution in [3.8, 4) is 0 Å². The molecule has 1 N–H and O–H groups in total. The Labute approximate surface area is 134 Å². The maximum absolute atomic E-state index is 12.5. The van der Waals surface area contributed by atoms with Gasteiger partial charge in [-0.1, -0.05) is 17.7 Å². The molecule has 3 rings (SSSR count). The van der Waals surface area contributed by atoms with E-state index >= 15 is 0 Å². The highest BCUT2D eigenvalue weighted by Crippen LogP contribution is 2.26. The average molecular weight is 316 g/mol. The van der Waals surface area contributed by atoms with E-state index in [9.17, 15) is 14.4 Å². The Bertz CT molecular complexity index is 658. The molecule has 2 heterocycles. The Balaban J connectivity index is 1.66. The van der Waals surface area contributed by atoms with Gasteiger partial charge in [0.2, 0.25) is 5.91 Å². The Morgan fingerprint density at radius 1 is 1.26 bits per heavy atom. The molecule has 2 fully saturated rings. The van der Waals surface area contributed by atoms with Crippen LogP contribution in [0.15, 0.2) is 24.3 Å². The minimum Gasteiger partial charge on any atom is -0.481 e. The van der Waals surface area contributed by atoms with E-state index in [1.165, 1.54) is 0 Å². The molecule has 0 bridgehead atoms. The lowest BCUT2D eigenvalue weighted by atomic mass is 10.1. The fourth-order valence-corrected chi connectivity index (χ4v) is 3.39. The van der Waals surface area contributed by atoms with Crippen LogP contribution in [0.25, 0.3) is 0 Å². The number of hydrogen-bond acceptors (Lipinski definition) is 3. The van der Waals surface area contributed by atoms with Crippen molar-refractivity contribution in [1.29, 1.82) is 0 Å². The maximum atomic E-state index is 12.5. The van der Waals surface area contributed by atoms with Gasteiger partial charge in [-0.15, -0.1) is 0 Å². The summed E-state index contributed by atoms with van der Waals surface area (Å²) < 4.78 is 0. The summed E-state index contributed by atoms with van der Waals surface area (Å²) in [4.78, 5) is 39.0. The highest BCUT2D eigenvalue weighted by molar-refractivity contribution is 5.94. The van der Waals surface area contributed by atoms with E-state index in [1.807, 2.05) is 25.1 Å². The third-order valence-electron chi connectivity index (χ3n) is 4.66. The normalized spacial score (nSPS) is 24.3. The zero-order valence-corrected chi connectivity index (χ0v) is 13.1. The molecule has 122 valence electrons. The van der Waals surface area contributed by atoms with Crippen LogP contribution in [-0.2, 0) is 9.59 Å². The number of carbonyl (C=O) groups excluding carboxylic acids is 2. The average Bonchev–Trinajstić information content (AvgIpc) is 3.13. The van der Waals surface area contributed by atoms with Crippen molar-refractivity contribution >= 4 is 17.8 Å².